The number of rotatable bonds is 6. The number of amides is 1. The van der Waals surface area contributed by atoms with Gasteiger partial charge in [0.1, 0.15) is 5.75 Å². The number of allylic oxidation sites excluding steroid dienone is 4. The van der Waals surface area contributed by atoms with Crippen molar-refractivity contribution in [2.75, 3.05) is 39.8 Å². The van der Waals surface area contributed by atoms with Crippen LogP contribution in [0.5, 0.6) is 5.75 Å². The molecule has 1 saturated heterocycles. The SMILES string of the molecule is COc1ccc(C(=O)C2=CC34C=CC25C(CCC2(C)C5CCC2(O)CN2CCN(C(=O)c5ccco5)CC2)C3(C)CCC(O)C4)cc1. The number of ketones is 1. The summed E-state index contributed by atoms with van der Waals surface area (Å²) in [6, 6.07) is 10.9. The number of carbonyl (C=O) groups is 2. The molecule has 8 heteroatoms. The van der Waals surface area contributed by atoms with Crippen LogP contribution in [0, 0.1) is 33.5 Å². The van der Waals surface area contributed by atoms with E-state index in [1.165, 1.54) is 6.26 Å². The van der Waals surface area contributed by atoms with Gasteiger partial charge in [0.2, 0.25) is 0 Å². The number of Topliss-reactive ketones (excluding diaryl/α,β-unsaturated/α-hetero) is 1. The largest absolute Gasteiger partial charge is 0.497 e. The second kappa shape index (κ2) is 10.6. The summed E-state index contributed by atoms with van der Waals surface area (Å²) in [6.45, 7) is 7.87. The number of methoxy groups -OCH3 is 1. The van der Waals surface area contributed by atoms with Gasteiger partial charge < -0.3 is 24.3 Å². The highest BCUT2D eigenvalue weighted by Crippen LogP contribution is 2.78. The summed E-state index contributed by atoms with van der Waals surface area (Å²) in [6.07, 6.45) is 13.9. The first-order valence-corrected chi connectivity index (χ1v) is 17.6. The number of benzene rings is 1. The first kappa shape index (κ1) is 31.1. The third-order valence-electron chi connectivity index (χ3n) is 14.2. The zero-order valence-corrected chi connectivity index (χ0v) is 27.9. The number of aliphatic hydroxyl groups is 2. The van der Waals surface area contributed by atoms with E-state index < -0.39 is 16.4 Å². The summed E-state index contributed by atoms with van der Waals surface area (Å²) in [5.41, 5.74) is -0.692. The van der Waals surface area contributed by atoms with Gasteiger partial charge in [-0.1, -0.05) is 32.1 Å². The van der Waals surface area contributed by atoms with Crippen LogP contribution in [0.2, 0.25) is 0 Å². The van der Waals surface area contributed by atoms with E-state index in [1.54, 1.807) is 19.2 Å². The lowest BCUT2D eigenvalue weighted by Gasteiger charge is -2.71. The molecule has 3 saturated carbocycles. The van der Waals surface area contributed by atoms with Crippen molar-refractivity contribution in [1.82, 2.24) is 9.80 Å². The fourth-order valence-corrected chi connectivity index (χ4v) is 11.5. The van der Waals surface area contributed by atoms with Crippen LogP contribution in [0.15, 0.2) is 70.9 Å². The third kappa shape index (κ3) is 4.23. The highest BCUT2D eigenvalue weighted by molar-refractivity contribution is 6.10. The Balaban J connectivity index is 1.12. The summed E-state index contributed by atoms with van der Waals surface area (Å²) in [4.78, 5) is 31.8. The molecule has 6 aliphatic carbocycles. The second-order valence-corrected chi connectivity index (χ2v) is 15.9. The van der Waals surface area contributed by atoms with Gasteiger partial charge in [0.05, 0.1) is 25.1 Å². The first-order valence-electron chi connectivity index (χ1n) is 17.6. The Morgan fingerprint density at radius 3 is 2.34 bits per heavy atom. The Bertz CT molecular complexity index is 1620. The number of nitrogens with zero attached hydrogens (tertiary/aromatic N) is 2. The molecule has 8 atom stereocenters. The van der Waals surface area contributed by atoms with E-state index in [2.05, 4.69) is 37.0 Å². The number of carbonyl (C=O) groups excluding carboxylic acids is 2. The van der Waals surface area contributed by atoms with E-state index in [1.807, 2.05) is 29.2 Å². The lowest BCUT2D eigenvalue weighted by atomic mass is 9.32. The quantitative estimate of drug-likeness (QED) is 0.317. The molecule has 8 unspecified atom stereocenters. The second-order valence-electron chi connectivity index (χ2n) is 15.9. The van der Waals surface area contributed by atoms with E-state index in [9.17, 15) is 19.8 Å². The molecule has 9 rings (SSSR count). The Labute approximate surface area is 277 Å². The fourth-order valence-electron chi connectivity index (χ4n) is 11.5. The Morgan fingerprint density at radius 1 is 0.936 bits per heavy atom. The van der Waals surface area contributed by atoms with Gasteiger partial charge >= 0.3 is 0 Å². The molecule has 2 aromatic rings. The average Bonchev–Trinajstić information content (AvgIpc) is 3.71. The summed E-state index contributed by atoms with van der Waals surface area (Å²) in [5.74, 6) is 1.42. The molecule has 4 fully saturated rings. The van der Waals surface area contributed by atoms with E-state index in [4.69, 9.17) is 9.15 Å². The van der Waals surface area contributed by atoms with Gasteiger partial charge in [-0.05, 0) is 98.6 Å². The molecular formula is C39H48N2O6. The van der Waals surface area contributed by atoms with Gasteiger partial charge in [-0.25, -0.2) is 0 Å². The van der Waals surface area contributed by atoms with E-state index in [0.29, 0.717) is 56.9 Å². The predicted octanol–water partition coefficient (Wildman–Crippen LogP) is 5.52. The van der Waals surface area contributed by atoms with E-state index in [-0.39, 0.29) is 40.5 Å². The number of β-amino-alcohol motifs (C(OH)–C–C–N with tert-alkyl or cyclic N) is 1. The van der Waals surface area contributed by atoms with Crippen molar-refractivity contribution >= 4 is 11.7 Å². The molecule has 7 aliphatic rings. The number of aliphatic hydroxyl groups excluding tert-OH is 1. The molecule has 0 radical (unpaired) electrons. The van der Waals surface area contributed by atoms with E-state index in [0.717, 1.165) is 43.4 Å². The van der Waals surface area contributed by atoms with Gasteiger partial charge in [0.25, 0.3) is 5.91 Å². The number of hydrogen-bond acceptors (Lipinski definition) is 7. The van der Waals surface area contributed by atoms with Crippen molar-refractivity contribution in [3.8, 4) is 5.75 Å². The monoisotopic (exact) mass is 640 g/mol. The zero-order chi connectivity index (χ0) is 32.8. The van der Waals surface area contributed by atoms with Crippen molar-refractivity contribution in [3.05, 3.63) is 77.8 Å². The van der Waals surface area contributed by atoms with Gasteiger partial charge in [-0.15, -0.1) is 0 Å². The molecule has 1 amide bonds. The standard InChI is InChI=1S/C39H48N2O6/c1-35-13-10-27(42)23-37(35)16-17-39(29(24-37)33(43)26-6-8-28(46-3)9-7-26)31(35)11-14-36(2)32(39)12-15-38(36,45)25-40-18-20-41(21-19-40)34(44)30-5-4-22-47-30/h4-9,16-17,22,24,27,31-32,42,45H,10-15,18-21,23,25H2,1-3H3. The third-order valence-corrected chi connectivity index (χ3v) is 14.2. The molecule has 1 aromatic heterocycles. The summed E-state index contributed by atoms with van der Waals surface area (Å²) >= 11 is 0. The topological polar surface area (TPSA) is 103 Å². The maximum atomic E-state index is 14.7. The summed E-state index contributed by atoms with van der Waals surface area (Å²) in [7, 11) is 1.63. The van der Waals surface area contributed by atoms with Crippen LogP contribution in [-0.2, 0) is 0 Å². The number of ether oxygens (including phenoxy) is 1. The zero-order valence-electron chi connectivity index (χ0n) is 27.9. The molecule has 2 heterocycles. The fraction of sp³-hybridized carbons (Fsp3) is 0.590. The van der Waals surface area contributed by atoms with Crippen molar-refractivity contribution in [1.29, 1.82) is 0 Å². The van der Waals surface area contributed by atoms with Crippen molar-refractivity contribution in [2.24, 2.45) is 33.5 Å². The predicted molar refractivity (Wildman–Crippen MR) is 177 cm³/mol. The molecule has 1 aliphatic heterocycles. The summed E-state index contributed by atoms with van der Waals surface area (Å²) < 4.78 is 10.7. The minimum absolute atomic E-state index is 0.0560. The smallest absolute Gasteiger partial charge is 0.289 e. The van der Waals surface area contributed by atoms with Gasteiger partial charge in [-0.3, -0.25) is 14.5 Å². The van der Waals surface area contributed by atoms with Crippen LogP contribution in [0.3, 0.4) is 0 Å². The van der Waals surface area contributed by atoms with Gasteiger partial charge in [0.15, 0.2) is 11.5 Å². The lowest BCUT2D eigenvalue weighted by molar-refractivity contribution is -0.176. The Hall–Kier alpha value is -3.20. The molecule has 2 bridgehead atoms. The molecule has 1 aromatic carbocycles. The molecule has 47 heavy (non-hydrogen) atoms. The first-order chi connectivity index (χ1) is 22.5. The normalized spacial score (nSPS) is 40.7. The van der Waals surface area contributed by atoms with Crippen molar-refractivity contribution in [3.63, 3.8) is 0 Å². The number of hydrogen-bond donors (Lipinski definition) is 2. The Kier molecular flexibility index (Phi) is 7.04. The highest BCUT2D eigenvalue weighted by Gasteiger charge is 2.74. The van der Waals surface area contributed by atoms with Gasteiger partial charge in [-0.2, -0.15) is 0 Å². The van der Waals surface area contributed by atoms with Crippen LogP contribution in [0.1, 0.15) is 79.7 Å². The van der Waals surface area contributed by atoms with Crippen molar-refractivity contribution in [2.45, 2.75) is 70.5 Å². The van der Waals surface area contributed by atoms with Crippen LogP contribution in [0.4, 0.5) is 0 Å². The number of fused-ring (bicyclic) bond motifs is 1. The minimum atomic E-state index is -0.914. The minimum Gasteiger partial charge on any atom is -0.497 e. The van der Waals surface area contributed by atoms with Crippen LogP contribution >= 0.6 is 0 Å². The Morgan fingerprint density at radius 2 is 1.64 bits per heavy atom. The maximum Gasteiger partial charge on any atom is 0.289 e. The summed E-state index contributed by atoms with van der Waals surface area (Å²) in [5, 5.41) is 23.7. The number of piperazine rings is 1. The lowest BCUT2D eigenvalue weighted by Crippen LogP contribution is -2.67. The molecule has 8 nitrogen and oxygen atoms in total. The van der Waals surface area contributed by atoms with E-state index >= 15 is 0 Å². The molecular weight excluding hydrogens is 592 g/mol. The number of furan rings is 1. The van der Waals surface area contributed by atoms with Crippen LogP contribution in [0.25, 0.3) is 0 Å². The molecule has 250 valence electrons. The maximum absolute atomic E-state index is 14.7. The van der Waals surface area contributed by atoms with Crippen LogP contribution < -0.4 is 4.74 Å². The van der Waals surface area contributed by atoms with Crippen LogP contribution in [-0.4, -0.2) is 83.2 Å². The molecule has 2 spiro atoms. The van der Waals surface area contributed by atoms with Gasteiger partial charge in [0, 0.05) is 60.1 Å². The average molecular weight is 641 g/mol. The van der Waals surface area contributed by atoms with Crippen molar-refractivity contribution < 1.29 is 29.0 Å². The molecule has 2 N–H and O–H groups in total. The highest BCUT2D eigenvalue weighted by atomic mass is 16.5.